The van der Waals surface area contributed by atoms with Crippen LogP contribution >= 0.6 is 0 Å². The van der Waals surface area contributed by atoms with Crippen LogP contribution in [0.15, 0.2) is 22.8 Å². The van der Waals surface area contributed by atoms with Crippen LogP contribution in [0.3, 0.4) is 0 Å². The molecule has 0 bridgehead atoms. The molecular weight excluding hydrogens is 201 g/mol. The zero-order chi connectivity index (χ0) is 10.8. The monoisotopic (exact) mass is 206 g/mol. The maximum absolute atomic E-state index is 11.7. The normalized spacial score (nSPS) is 11.4. The molecule has 0 aromatic carbocycles. The molecule has 0 radical (unpaired) electrons. The molecule has 76 valence electrons. The van der Waals surface area contributed by atoms with E-state index in [4.69, 9.17) is 0 Å². The molecule has 0 fully saturated rings. The summed E-state index contributed by atoms with van der Waals surface area (Å²) in [5, 5.41) is 0. The molecule has 0 spiro atoms. The number of halogens is 3. The Morgan fingerprint density at radius 1 is 1.36 bits per heavy atom. The second-order valence-corrected chi connectivity index (χ2v) is 2.51. The number of alkyl halides is 3. The Morgan fingerprint density at radius 3 is 2.43 bits per heavy atom. The smallest absolute Gasteiger partial charge is 0.458 e. The van der Waals surface area contributed by atoms with E-state index >= 15 is 0 Å². The largest absolute Gasteiger partial charge is 0.469 e. The third-order valence-electron chi connectivity index (χ3n) is 1.43. The zero-order valence-electron chi connectivity index (χ0n) is 6.80. The fraction of sp³-hybridized carbons (Fsp3) is 0.250. The average Bonchev–Trinajstić information content (AvgIpc) is 2.53. The maximum atomic E-state index is 11.7. The lowest BCUT2D eigenvalue weighted by atomic mass is 10.1. The molecule has 1 heterocycles. The van der Waals surface area contributed by atoms with E-state index in [1.165, 1.54) is 18.4 Å². The lowest BCUT2D eigenvalue weighted by molar-refractivity contribution is -0.174. The van der Waals surface area contributed by atoms with E-state index in [9.17, 15) is 22.8 Å². The summed E-state index contributed by atoms with van der Waals surface area (Å²) in [5.74, 6) is -3.84. The topological polar surface area (TPSA) is 47.3 Å². The Bertz CT molecular complexity index is 337. The first-order valence-electron chi connectivity index (χ1n) is 3.58. The predicted octanol–water partition coefficient (Wildman–Crippen LogP) is 1.52. The highest BCUT2D eigenvalue weighted by atomic mass is 19.4. The molecule has 0 aliphatic rings. The van der Waals surface area contributed by atoms with Gasteiger partial charge >= 0.3 is 12.0 Å². The molecule has 0 N–H and O–H groups in total. The Kier molecular flexibility index (Phi) is 2.73. The van der Waals surface area contributed by atoms with Gasteiger partial charge in [0, 0.05) is 0 Å². The van der Waals surface area contributed by atoms with Crippen molar-refractivity contribution in [3.05, 3.63) is 24.2 Å². The fourth-order valence-corrected chi connectivity index (χ4v) is 0.810. The Morgan fingerprint density at radius 2 is 2.00 bits per heavy atom. The first-order valence-corrected chi connectivity index (χ1v) is 3.58. The van der Waals surface area contributed by atoms with Gasteiger partial charge < -0.3 is 4.42 Å². The molecule has 1 aromatic heterocycles. The van der Waals surface area contributed by atoms with Crippen LogP contribution in [0.2, 0.25) is 0 Å². The van der Waals surface area contributed by atoms with Gasteiger partial charge in [-0.15, -0.1) is 0 Å². The van der Waals surface area contributed by atoms with E-state index < -0.39 is 24.2 Å². The van der Waals surface area contributed by atoms with Crippen LogP contribution in [0.4, 0.5) is 13.2 Å². The highest BCUT2D eigenvalue weighted by molar-refractivity contribution is 6.39. The van der Waals surface area contributed by atoms with Crippen LogP contribution in [0.5, 0.6) is 0 Å². The van der Waals surface area contributed by atoms with Gasteiger partial charge in [0.05, 0.1) is 12.7 Å². The summed E-state index contributed by atoms with van der Waals surface area (Å²) in [7, 11) is 0. The number of carbonyl (C=O) groups excluding carboxylic acids is 2. The van der Waals surface area contributed by atoms with E-state index in [1.54, 1.807) is 0 Å². The number of Topliss-reactive ketones (excluding diaryl/α,β-unsaturated/α-hetero) is 2. The van der Waals surface area contributed by atoms with Crippen molar-refractivity contribution in [2.75, 3.05) is 0 Å². The minimum atomic E-state index is -5.11. The molecule has 0 saturated heterocycles. The van der Waals surface area contributed by atoms with Gasteiger partial charge in [0.1, 0.15) is 5.76 Å². The Labute approximate surface area is 76.5 Å². The van der Waals surface area contributed by atoms with Crippen LogP contribution in [-0.4, -0.2) is 17.7 Å². The van der Waals surface area contributed by atoms with E-state index in [0.717, 1.165) is 0 Å². The molecule has 6 heteroatoms. The minimum Gasteiger partial charge on any atom is -0.469 e. The van der Waals surface area contributed by atoms with E-state index in [0.29, 0.717) is 0 Å². The zero-order valence-corrected chi connectivity index (χ0v) is 6.80. The number of carbonyl (C=O) groups is 2. The summed E-state index contributed by atoms with van der Waals surface area (Å²) in [5.41, 5.74) is 0. The number of hydrogen-bond donors (Lipinski definition) is 0. The average molecular weight is 206 g/mol. The third-order valence-corrected chi connectivity index (χ3v) is 1.43. The van der Waals surface area contributed by atoms with Crippen LogP contribution in [0.1, 0.15) is 5.76 Å². The molecule has 0 saturated carbocycles. The number of rotatable bonds is 3. The van der Waals surface area contributed by atoms with Crippen LogP contribution < -0.4 is 0 Å². The van der Waals surface area contributed by atoms with Gasteiger partial charge in [-0.1, -0.05) is 0 Å². The molecule has 0 aliphatic heterocycles. The van der Waals surface area contributed by atoms with Crippen LogP contribution in [0.25, 0.3) is 0 Å². The molecular formula is C8H5F3O3. The highest BCUT2D eigenvalue weighted by Gasteiger charge is 2.43. The molecule has 14 heavy (non-hydrogen) atoms. The second kappa shape index (κ2) is 3.65. The predicted molar refractivity (Wildman–Crippen MR) is 38.5 cm³/mol. The molecule has 0 atom stereocenters. The summed E-state index contributed by atoms with van der Waals surface area (Å²) in [4.78, 5) is 21.1. The highest BCUT2D eigenvalue weighted by Crippen LogP contribution is 2.17. The Balaban J connectivity index is 2.64. The van der Waals surface area contributed by atoms with Gasteiger partial charge in [0.2, 0.25) is 5.78 Å². The minimum absolute atomic E-state index is 0.0348. The lowest BCUT2D eigenvalue weighted by Gasteiger charge is -2.01. The van der Waals surface area contributed by atoms with Gasteiger partial charge in [-0.05, 0) is 12.1 Å². The summed E-state index contributed by atoms with van der Waals surface area (Å²) < 4.78 is 39.8. The van der Waals surface area contributed by atoms with Gasteiger partial charge in [-0.2, -0.15) is 13.2 Å². The fourth-order valence-electron chi connectivity index (χ4n) is 0.810. The molecule has 1 aromatic rings. The van der Waals surface area contributed by atoms with Gasteiger partial charge in [0.15, 0.2) is 0 Å². The van der Waals surface area contributed by atoms with Crippen molar-refractivity contribution in [3.8, 4) is 0 Å². The van der Waals surface area contributed by atoms with Crippen molar-refractivity contribution in [1.82, 2.24) is 0 Å². The number of hydrogen-bond acceptors (Lipinski definition) is 3. The first kappa shape index (κ1) is 10.5. The van der Waals surface area contributed by atoms with E-state index in [2.05, 4.69) is 4.42 Å². The van der Waals surface area contributed by atoms with E-state index in [-0.39, 0.29) is 5.76 Å². The standard InChI is InChI=1S/C8H5F3O3/c9-8(10,11)7(13)6(12)4-5-2-1-3-14-5/h1-3H,4H2. The summed E-state index contributed by atoms with van der Waals surface area (Å²) >= 11 is 0. The van der Waals surface area contributed by atoms with Crippen molar-refractivity contribution < 1.29 is 27.2 Å². The van der Waals surface area contributed by atoms with Crippen molar-refractivity contribution in [2.24, 2.45) is 0 Å². The molecule has 3 nitrogen and oxygen atoms in total. The quantitative estimate of drug-likeness (QED) is 0.704. The molecule has 1 rings (SSSR count). The van der Waals surface area contributed by atoms with Crippen molar-refractivity contribution >= 4 is 11.6 Å². The Hall–Kier alpha value is -1.59. The van der Waals surface area contributed by atoms with Gasteiger partial charge in [0.25, 0.3) is 0 Å². The second-order valence-electron chi connectivity index (χ2n) is 2.51. The lowest BCUT2D eigenvalue weighted by Crippen LogP contribution is -2.31. The molecule has 0 unspecified atom stereocenters. The van der Waals surface area contributed by atoms with Gasteiger partial charge in [-0.25, -0.2) is 0 Å². The number of ketones is 2. The van der Waals surface area contributed by atoms with Crippen LogP contribution in [-0.2, 0) is 16.0 Å². The van der Waals surface area contributed by atoms with Crippen molar-refractivity contribution in [3.63, 3.8) is 0 Å². The van der Waals surface area contributed by atoms with E-state index in [1.807, 2.05) is 0 Å². The summed E-state index contributed by atoms with van der Waals surface area (Å²) in [6, 6.07) is 2.74. The molecule has 0 aliphatic carbocycles. The SMILES string of the molecule is O=C(Cc1ccco1)C(=O)C(F)(F)F. The summed E-state index contributed by atoms with van der Waals surface area (Å²) in [6.07, 6.45) is -4.56. The van der Waals surface area contributed by atoms with Crippen molar-refractivity contribution in [1.29, 1.82) is 0 Å². The third kappa shape index (κ3) is 2.45. The first-order chi connectivity index (χ1) is 6.41. The molecule has 0 amide bonds. The maximum Gasteiger partial charge on any atom is 0.458 e. The van der Waals surface area contributed by atoms with Crippen LogP contribution in [0, 0.1) is 0 Å². The summed E-state index contributed by atoms with van der Waals surface area (Å²) in [6.45, 7) is 0. The number of furan rings is 1. The van der Waals surface area contributed by atoms with Gasteiger partial charge in [-0.3, -0.25) is 9.59 Å². The van der Waals surface area contributed by atoms with Crippen molar-refractivity contribution in [2.45, 2.75) is 12.6 Å².